The summed E-state index contributed by atoms with van der Waals surface area (Å²) in [5.41, 5.74) is 7.01. The fraction of sp³-hybridized carbons (Fsp3) is 0.349. The second-order valence-corrected chi connectivity index (χ2v) is 13.1. The van der Waals surface area contributed by atoms with E-state index in [4.69, 9.17) is 43.1 Å². The van der Waals surface area contributed by atoms with Gasteiger partial charge in [-0.15, -0.1) is 0 Å². The molecule has 0 atom stereocenters. The van der Waals surface area contributed by atoms with Crippen molar-refractivity contribution in [3.8, 4) is 62.8 Å². The highest BCUT2D eigenvalue weighted by Gasteiger charge is 2.28. The van der Waals surface area contributed by atoms with Gasteiger partial charge in [0.15, 0.2) is 23.0 Å². The lowest BCUT2D eigenvalue weighted by Gasteiger charge is -2.39. The molecule has 1 aliphatic carbocycles. The first-order valence-corrected chi connectivity index (χ1v) is 17.8. The highest BCUT2D eigenvalue weighted by Crippen LogP contribution is 2.43. The van der Waals surface area contributed by atoms with Crippen LogP contribution in [0.5, 0.6) is 40.2 Å². The molecule has 6 rings (SSSR count). The fourth-order valence-electron chi connectivity index (χ4n) is 7.42. The van der Waals surface area contributed by atoms with Crippen LogP contribution in [0.25, 0.3) is 22.5 Å². The number of aromatic nitrogens is 2. The Morgan fingerprint density at radius 1 is 0.528 bits per heavy atom. The Bertz CT molecular complexity index is 1940. The van der Waals surface area contributed by atoms with Crippen LogP contribution in [0.15, 0.2) is 85.2 Å². The normalized spacial score (nSPS) is 15.3. The van der Waals surface area contributed by atoms with Gasteiger partial charge in [0.1, 0.15) is 5.75 Å². The number of hydrogen-bond donors (Lipinski definition) is 0. The molecule has 0 radical (unpaired) electrons. The SMILES string of the molecule is COc1ccccc1N(Cc1ccnc(-c2cc(OC)c(OC)c(OC)c2)c1)C1CCC(Cc2ccnc(-c3cc(OC)c(OC)c(OC)c3)c2)CC1. The third-order valence-electron chi connectivity index (χ3n) is 10.1. The van der Waals surface area contributed by atoms with Crippen LogP contribution < -0.4 is 38.1 Å². The molecule has 10 nitrogen and oxygen atoms in total. The zero-order chi connectivity index (χ0) is 37.3. The van der Waals surface area contributed by atoms with Crippen molar-refractivity contribution in [2.75, 3.05) is 54.7 Å². The molecule has 0 aliphatic heterocycles. The summed E-state index contributed by atoms with van der Waals surface area (Å²) < 4.78 is 39.4. The summed E-state index contributed by atoms with van der Waals surface area (Å²) in [4.78, 5) is 11.9. The molecular weight excluding hydrogens is 670 g/mol. The molecule has 0 saturated heterocycles. The van der Waals surface area contributed by atoms with Gasteiger partial charge in [-0.1, -0.05) is 12.1 Å². The summed E-state index contributed by atoms with van der Waals surface area (Å²) in [7, 11) is 11.5. The van der Waals surface area contributed by atoms with E-state index in [1.807, 2.05) is 48.8 Å². The monoisotopic (exact) mass is 719 g/mol. The number of benzene rings is 3. The number of methoxy groups -OCH3 is 7. The Morgan fingerprint density at radius 3 is 1.49 bits per heavy atom. The lowest BCUT2D eigenvalue weighted by molar-refractivity contribution is 0.310. The van der Waals surface area contributed by atoms with E-state index in [1.54, 1.807) is 49.8 Å². The molecule has 0 amide bonds. The third-order valence-corrected chi connectivity index (χ3v) is 10.1. The summed E-state index contributed by atoms with van der Waals surface area (Å²) in [6.07, 6.45) is 9.12. The molecule has 1 fully saturated rings. The molecule has 0 spiro atoms. The minimum atomic E-state index is 0.340. The van der Waals surface area contributed by atoms with Crippen LogP contribution in [0.1, 0.15) is 36.8 Å². The quantitative estimate of drug-likeness (QED) is 0.105. The van der Waals surface area contributed by atoms with E-state index in [0.29, 0.717) is 53.0 Å². The van der Waals surface area contributed by atoms with Crippen LogP contribution in [-0.2, 0) is 13.0 Å². The molecule has 2 aromatic heterocycles. The molecule has 1 saturated carbocycles. The number of para-hydroxylation sites is 2. The highest BCUT2D eigenvalue weighted by atomic mass is 16.5. The smallest absolute Gasteiger partial charge is 0.203 e. The van der Waals surface area contributed by atoms with Crippen LogP contribution in [0, 0.1) is 5.92 Å². The molecule has 3 aromatic carbocycles. The van der Waals surface area contributed by atoms with Crippen molar-refractivity contribution in [1.29, 1.82) is 0 Å². The molecule has 2 heterocycles. The van der Waals surface area contributed by atoms with E-state index < -0.39 is 0 Å². The Hall–Kier alpha value is -5.64. The third kappa shape index (κ3) is 8.22. The van der Waals surface area contributed by atoms with Crippen LogP contribution in [0.4, 0.5) is 5.69 Å². The maximum absolute atomic E-state index is 5.89. The van der Waals surface area contributed by atoms with E-state index in [2.05, 4.69) is 41.3 Å². The average molecular weight is 720 g/mol. The molecule has 0 bridgehead atoms. The minimum absolute atomic E-state index is 0.340. The van der Waals surface area contributed by atoms with Crippen molar-refractivity contribution in [2.45, 2.75) is 44.7 Å². The average Bonchev–Trinajstić information content (AvgIpc) is 3.22. The van der Waals surface area contributed by atoms with E-state index in [0.717, 1.165) is 71.6 Å². The van der Waals surface area contributed by atoms with Crippen LogP contribution >= 0.6 is 0 Å². The van der Waals surface area contributed by atoms with Gasteiger partial charge in [0.05, 0.1) is 66.8 Å². The van der Waals surface area contributed by atoms with E-state index in [-0.39, 0.29) is 0 Å². The number of hydrogen-bond acceptors (Lipinski definition) is 10. The first-order chi connectivity index (χ1) is 25.9. The molecule has 5 aromatic rings. The predicted molar refractivity (Wildman–Crippen MR) is 207 cm³/mol. The van der Waals surface area contributed by atoms with Crippen LogP contribution in [0.2, 0.25) is 0 Å². The molecule has 278 valence electrons. The molecular formula is C43H49N3O7. The highest BCUT2D eigenvalue weighted by molar-refractivity contribution is 5.70. The van der Waals surface area contributed by atoms with Crippen molar-refractivity contribution in [3.63, 3.8) is 0 Å². The Morgan fingerprint density at radius 2 is 1.00 bits per heavy atom. The van der Waals surface area contributed by atoms with Crippen molar-refractivity contribution in [3.05, 3.63) is 96.3 Å². The van der Waals surface area contributed by atoms with Gasteiger partial charge in [-0.25, -0.2) is 0 Å². The minimum Gasteiger partial charge on any atom is -0.495 e. The largest absolute Gasteiger partial charge is 0.495 e. The molecule has 53 heavy (non-hydrogen) atoms. The van der Waals surface area contributed by atoms with E-state index in [9.17, 15) is 0 Å². The molecule has 1 aliphatic rings. The molecule has 10 heteroatoms. The first-order valence-electron chi connectivity index (χ1n) is 17.8. The summed E-state index contributed by atoms with van der Waals surface area (Å²) in [6.45, 7) is 0.706. The maximum Gasteiger partial charge on any atom is 0.203 e. The molecule has 0 N–H and O–H groups in total. The topological polar surface area (TPSA) is 93.6 Å². The second-order valence-electron chi connectivity index (χ2n) is 13.1. The number of anilines is 1. The zero-order valence-corrected chi connectivity index (χ0v) is 31.7. The second kappa shape index (κ2) is 17.3. The summed E-state index contributed by atoms with van der Waals surface area (Å²) in [5.74, 6) is 4.94. The number of ether oxygens (including phenoxy) is 7. The van der Waals surface area contributed by atoms with Gasteiger partial charge >= 0.3 is 0 Å². The van der Waals surface area contributed by atoms with Crippen molar-refractivity contribution >= 4 is 5.69 Å². The van der Waals surface area contributed by atoms with E-state index >= 15 is 0 Å². The Balaban J connectivity index is 1.21. The standard InChI is InChI=1S/C43H49N3O7/c1-47-37-11-9-8-10-36(37)46(27-30-17-19-45-35(22-30)32-25-40(50-4)43(53-7)41(26-32)51-5)33-14-12-28(13-15-33)20-29-16-18-44-34(21-29)31-23-38(48-2)42(52-6)39(24-31)49-3/h8-11,16-19,21-26,28,33H,12-15,20,27H2,1-7H3. The Kier molecular flexibility index (Phi) is 12.1. The van der Waals surface area contributed by atoms with Gasteiger partial charge in [-0.3, -0.25) is 9.97 Å². The number of pyridine rings is 2. The fourth-order valence-corrected chi connectivity index (χ4v) is 7.42. The van der Waals surface area contributed by atoms with Gasteiger partial charge in [-0.2, -0.15) is 0 Å². The van der Waals surface area contributed by atoms with Crippen molar-refractivity contribution in [2.24, 2.45) is 5.92 Å². The summed E-state index contributed by atoms with van der Waals surface area (Å²) in [6, 6.07) is 24.9. The van der Waals surface area contributed by atoms with Gasteiger partial charge in [-0.05, 0) is 110 Å². The lowest BCUT2D eigenvalue weighted by Crippen LogP contribution is -2.38. The van der Waals surface area contributed by atoms with Crippen molar-refractivity contribution < 1.29 is 33.2 Å². The van der Waals surface area contributed by atoms with Gasteiger partial charge in [0.25, 0.3) is 0 Å². The molecule has 0 unspecified atom stereocenters. The van der Waals surface area contributed by atoms with Crippen LogP contribution in [0.3, 0.4) is 0 Å². The van der Waals surface area contributed by atoms with Gasteiger partial charge < -0.3 is 38.1 Å². The van der Waals surface area contributed by atoms with E-state index in [1.165, 1.54) is 5.56 Å². The predicted octanol–water partition coefficient (Wildman–Crippen LogP) is 8.68. The van der Waals surface area contributed by atoms with Crippen molar-refractivity contribution in [1.82, 2.24) is 9.97 Å². The van der Waals surface area contributed by atoms with Gasteiger partial charge in [0.2, 0.25) is 11.5 Å². The zero-order valence-electron chi connectivity index (χ0n) is 31.7. The van der Waals surface area contributed by atoms with Crippen LogP contribution in [-0.4, -0.2) is 65.8 Å². The number of rotatable bonds is 15. The lowest BCUT2D eigenvalue weighted by atomic mass is 9.81. The Labute approximate surface area is 312 Å². The first kappa shape index (κ1) is 37.1. The van der Waals surface area contributed by atoms with Gasteiger partial charge in [0, 0.05) is 36.1 Å². The maximum atomic E-state index is 5.89. The summed E-state index contributed by atoms with van der Waals surface area (Å²) in [5, 5.41) is 0. The summed E-state index contributed by atoms with van der Waals surface area (Å²) >= 11 is 0. The number of nitrogens with zero attached hydrogens (tertiary/aromatic N) is 3.